The van der Waals surface area contributed by atoms with E-state index in [1.807, 2.05) is 25.1 Å². The largest absolute Gasteiger partial charge is 0.493 e. The molecule has 0 amide bonds. The van der Waals surface area contributed by atoms with E-state index in [0.717, 1.165) is 42.2 Å². The number of benzene rings is 1. The Hall–Kier alpha value is -1.19. The van der Waals surface area contributed by atoms with Crippen molar-refractivity contribution < 1.29 is 14.6 Å². The molecule has 1 fully saturated rings. The number of alkyl halides is 1. The van der Waals surface area contributed by atoms with E-state index in [9.17, 15) is 4.79 Å². The van der Waals surface area contributed by atoms with E-state index in [2.05, 4.69) is 19.1 Å². The van der Waals surface area contributed by atoms with Crippen molar-refractivity contribution in [1.82, 2.24) is 0 Å². The van der Waals surface area contributed by atoms with E-state index in [-0.39, 0.29) is 11.8 Å². The average molecular weight is 415 g/mol. The molecule has 0 bridgehead atoms. The van der Waals surface area contributed by atoms with Crippen LogP contribution in [0, 0.1) is 18.8 Å². The number of carbonyl (C=O) groups is 1. The van der Waals surface area contributed by atoms with Gasteiger partial charge in [-0.2, -0.15) is 0 Å². The van der Waals surface area contributed by atoms with Crippen molar-refractivity contribution >= 4 is 29.2 Å². The van der Waals surface area contributed by atoms with E-state index in [0.29, 0.717) is 11.8 Å². The van der Waals surface area contributed by atoms with E-state index in [4.69, 9.17) is 33.0 Å². The van der Waals surface area contributed by atoms with Gasteiger partial charge in [-0.25, -0.2) is 0 Å². The minimum atomic E-state index is -0.745. The van der Waals surface area contributed by atoms with Gasteiger partial charge in [-0.1, -0.05) is 44.0 Å². The van der Waals surface area contributed by atoms with Gasteiger partial charge in [0.1, 0.15) is 5.75 Å². The fourth-order valence-corrected chi connectivity index (χ4v) is 4.00. The van der Waals surface area contributed by atoms with Crippen LogP contribution in [-0.4, -0.2) is 23.1 Å². The van der Waals surface area contributed by atoms with Crippen molar-refractivity contribution in [3.63, 3.8) is 0 Å². The molecule has 5 heteroatoms. The maximum atomic E-state index is 9.37. The number of halogens is 2. The second-order valence-electron chi connectivity index (χ2n) is 7.01. The molecule has 27 heavy (non-hydrogen) atoms. The summed E-state index contributed by atoms with van der Waals surface area (Å²) in [4.78, 5) is 9.37. The first-order valence-corrected chi connectivity index (χ1v) is 10.6. The van der Waals surface area contributed by atoms with Crippen LogP contribution in [0.2, 0.25) is 5.02 Å². The van der Waals surface area contributed by atoms with Gasteiger partial charge >= 0.3 is 5.97 Å². The maximum absolute atomic E-state index is 9.37. The molecule has 2 rings (SSSR count). The van der Waals surface area contributed by atoms with Gasteiger partial charge in [-0.15, -0.1) is 11.6 Å². The van der Waals surface area contributed by atoms with Crippen LogP contribution in [0.25, 0.3) is 0 Å². The highest BCUT2D eigenvalue weighted by atomic mass is 35.5. The molecule has 0 aliphatic heterocycles. The van der Waals surface area contributed by atoms with Gasteiger partial charge in [0, 0.05) is 16.8 Å². The summed E-state index contributed by atoms with van der Waals surface area (Å²) in [5.74, 6) is 1.16. The van der Waals surface area contributed by atoms with Gasteiger partial charge in [0.25, 0.3) is 0 Å². The van der Waals surface area contributed by atoms with Gasteiger partial charge < -0.3 is 9.84 Å². The molecule has 0 spiro atoms. The van der Waals surface area contributed by atoms with Gasteiger partial charge in [-0.3, -0.25) is 4.79 Å². The van der Waals surface area contributed by atoms with Crippen molar-refractivity contribution in [2.45, 2.75) is 64.7 Å². The molecule has 1 N–H and O–H groups in total. The first-order chi connectivity index (χ1) is 12.9. The van der Waals surface area contributed by atoms with E-state index >= 15 is 0 Å². The van der Waals surface area contributed by atoms with E-state index in [1.165, 1.54) is 12.8 Å². The van der Waals surface area contributed by atoms with Crippen LogP contribution in [0.1, 0.15) is 57.9 Å². The van der Waals surface area contributed by atoms with Gasteiger partial charge in [0.15, 0.2) is 0 Å². The Balaban J connectivity index is 0.000000646. The highest BCUT2D eigenvalue weighted by molar-refractivity contribution is 6.30. The van der Waals surface area contributed by atoms with Crippen molar-refractivity contribution in [1.29, 1.82) is 0 Å². The zero-order valence-electron chi connectivity index (χ0n) is 16.6. The summed E-state index contributed by atoms with van der Waals surface area (Å²) in [6, 6.07) is 5.88. The van der Waals surface area contributed by atoms with Gasteiger partial charge in [0.2, 0.25) is 0 Å². The topological polar surface area (TPSA) is 46.5 Å². The lowest BCUT2D eigenvalue weighted by atomic mass is 9.77. The number of allylic oxidation sites excluding steroid dienone is 2. The molecule has 0 aromatic heterocycles. The predicted molar refractivity (Wildman–Crippen MR) is 114 cm³/mol. The summed E-state index contributed by atoms with van der Waals surface area (Å²) < 4.78 is 6.02. The Morgan fingerprint density at radius 2 is 1.96 bits per heavy atom. The Morgan fingerprint density at radius 1 is 1.26 bits per heavy atom. The number of hydrogen-bond donors (Lipinski definition) is 1. The summed E-state index contributed by atoms with van der Waals surface area (Å²) in [6.07, 6.45) is 10.4. The lowest BCUT2D eigenvalue weighted by Crippen LogP contribution is -2.32. The molecule has 3 atom stereocenters. The van der Waals surface area contributed by atoms with Crippen molar-refractivity contribution in [3.05, 3.63) is 40.9 Å². The van der Waals surface area contributed by atoms with Crippen molar-refractivity contribution in [2.24, 2.45) is 11.8 Å². The fourth-order valence-electron chi connectivity index (χ4n) is 3.25. The van der Waals surface area contributed by atoms with Crippen molar-refractivity contribution in [2.75, 3.05) is 6.61 Å². The van der Waals surface area contributed by atoms with Crippen molar-refractivity contribution in [3.8, 4) is 5.75 Å². The minimum absolute atomic E-state index is 0.222. The minimum Gasteiger partial charge on any atom is -0.493 e. The third-order valence-electron chi connectivity index (χ3n) is 4.72. The van der Waals surface area contributed by atoms with Gasteiger partial charge in [0.05, 0.1) is 6.61 Å². The first kappa shape index (κ1) is 23.8. The SMILES string of the molecule is CC/C=C\C[C@H]1C(Cl)CCC[C@@H]1COc1cc(C)cc(Cl)c1.CCC(=O)O. The van der Waals surface area contributed by atoms with E-state index in [1.54, 1.807) is 6.92 Å². The summed E-state index contributed by atoms with van der Waals surface area (Å²) in [5.41, 5.74) is 1.13. The number of carboxylic acid groups (broad SMARTS) is 1. The number of aliphatic carboxylic acids is 1. The number of aryl methyl sites for hydroxylation is 1. The molecule has 1 unspecified atom stereocenters. The van der Waals surface area contributed by atoms with Crippen LogP contribution in [0.4, 0.5) is 0 Å². The van der Waals surface area contributed by atoms with E-state index < -0.39 is 5.97 Å². The number of rotatable bonds is 7. The lowest BCUT2D eigenvalue weighted by Gasteiger charge is -2.34. The monoisotopic (exact) mass is 414 g/mol. The maximum Gasteiger partial charge on any atom is 0.303 e. The molecule has 152 valence electrons. The summed E-state index contributed by atoms with van der Waals surface area (Å²) >= 11 is 12.7. The average Bonchev–Trinajstić information content (AvgIpc) is 2.61. The fraction of sp³-hybridized carbons (Fsp3) is 0.591. The molecular formula is C22H32Cl2O3. The van der Waals surface area contributed by atoms with Crippen LogP contribution in [0.15, 0.2) is 30.4 Å². The Labute approximate surface area is 173 Å². The summed E-state index contributed by atoms with van der Waals surface area (Å²) in [7, 11) is 0. The molecule has 0 saturated heterocycles. The highest BCUT2D eigenvalue weighted by Gasteiger charge is 2.31. The van der Waals surface area contributed by atoms with Crippen LogP contribution in [-0.2, 0) is 4.79 Å². The summed E-state index contributed by atoms with van der Waals surface area (Å²) in [6.45, 7) is 6.53. The standard InChI is InChI=1S/C19H26Cl2O.C3H6O2/c1-3-4-5-8-18-15(7-6-9-19(18)21)13-22-17-11-14(2)10-16(20)12-17;1-2-3(4)5/h4-5,10-12,15,18-19H,3,6-9,13H2,1-2H3;2H2,1H3,(H,4,5)/b5-4-;/t15-,18-,19?;/m1./s1. The lowest BCUT2D eigenvalue weighted by molar-refractivity contribution is -0.136. The Morgan fingerprint density at radius 3 is 2.56 bits per heavy atom. The number of ether oxygens (including phenoxy) is 1. The highest BCUT2D eigenvalue weighted by Crippen LogP contribution is 2.37. The van der Waals surface area contributed by atoms with Crippen LogP contribution >= 0.6 is 23.2 Å². The quantitative estimate of drug-likeness (QED) is 0.390. The molecule has 3 nitrogen and oxygen atoms in total. The molecule has 1 aromatic carbocycles. The molecule has 0 heterocycles. The predicted octanol–water partition coefficient (Wildman–Crippen LogP) is 6.89. The summed E-state index contributed by atoms with van der Waals surface area (Å²) in [5, 5.41) is 8.72. The normalized spacial score (nSPS) is 22.2. The second-order valence-corrected chi connectivity index (χ2v) is 8.01. The zero-order valence-corrected chi connectivity index (χ0v) is 18.1. The Kier molecular flexibility index (Phi) is 11.5. The number of carboxylic acids is 1. The molecule has 1 saturated carbocycles. The molecule has 1 aromatic rings. The first-order valence-electron chi connectivity index (χ1n) is 9.78. The van der Waals surface area contributed by atoms with Crippen LogP contribution in [0.3, 0.4) is 0 Å². The molecule has 0 radical (unpaired) electrons. The second kappa shape index (κ2) is 13.1. The third kappa shape index (κ3) is 9.53. The van der Waals surface area contributed by atoms with Crippen LogP contribution in [0.5, 0.6) is 5.75 Å². The molecular weight excluding hydrogens is 383 g/mol. The Bertz CT molecular complexity index is 581. The molecule has 1 aliphatic carbocycles. The van der Waals surface area contributed by atoms with Gasteiger partial charge in [-0.05, 0) is 68.2 Å². The van der Waals surface area contributed by atoms with Crippen LogP contribution < -0.4 is 4.74 Å². The molecule has 1 aliphatic rings. The smallest absolute Gasteiger partial charge is 0.303 e. The third-order valence-corrected chi connectivity index (χ3v) is 5.48. The zero-order chi connectivity index (χ0) is 20.2. The number of hydrogen-bond acceptors (Lipinski definition) is 2.